The molecule has 0 saturated carbocycles. The summed E-state index contributed by atoms with van der Waals surface area (Å²) in [5, 5.41) is 3.15. The van der Waals surface area contributed by atoms with E-state index in [2.05, 4.69) is 15.3 Å². The zero-order valence-electron chi connectivity index (χ0n) is 8.07. The van der Waals surface area contributed by atoms with E-state index < -0.39 is 0 Å². The van der Waals surface area contributed by atoms with Gasteiger partial charge in [0.25, 0.3) is 0 Å². The summed E-state index contributed by atoms with van der Waals surface area (Å²) >= 11 is 0. The van der Waals surface area contributed by atoms with Crippen LogP contribution in [0.5, 0.6) is 0 Å². The van der Waals surface area contributed by atoms with Crippen molar-refractivity contribution < 1.29 is 0 Å². The van der Waals surface area contributed by atoms with Crippen LogP contribution in [0, 0.1) is 0 Å². The van der Waals surface area contributed by atoms with Crippen LogP contribution >= 0.6 is 0 Å². The molecule has 0 spiro atoms. The summed E-state index contributed by atoms with van der Waals surface area (Å²) in [5.74, 6) is 0.832. The second-order valence-electron chi connectivity index (χ2n) is 3.07. The summed E-state index contributed by atoms with van der Waals surface area (Å²) in [6.07, 6.45) is 3.51. The van der Waals surface area contributed by atoms with Gasteiger partial charge in [0.15, 0.2) is 0 Å². The summed E-state index contributed by atoms with van der Waals surface area (Å²) in [6.45, 7) is 1.33. The van der Waals surface area contributed by atoms with Crippen LogP contribution in [0.4, 0.5) is 5.95 Å². The Hall–Kier alpha value is -1.62. The van der Waals surface area contributed by atoms with Gasteiger partial charge in [-0.2, -0.15) is 0 Å². The highest BCUT2D eigenvalue weighted by atomic mass is 15.2. The lowest BCUT2D eigenvalue weighted by Gasteiger charge is -2.03. The Kier molecular flexibility index (Phi) is 2.32. The zero-order chi connectivity index (χ0) is 9.97. The molecular formula is C9H13N5. The van der Waals surface area contributed by atoms with E-state index in [1.54, 1.807) is 12.4 Å². The standard InChI is InChI=1S/C9H13N5/c1-14-8-2-4-11-6-7(8)13-9(14)12-5-3-10/h2,4,6H,3,5,10H2,1H3,(H,12,13). The molecule has 0 atom stereocenters. The summed E-state index contributed by atoms with van der Waals surface area (Å²) in [7, 11) is 1.97. The highest BCUT2D eigenvalue weighted by molar-refractivity contribution is 5.77. The lowest BCUT2D eigenvalue weighted by Crippen LogP contribution is -2.15. The Morgan fingerprint density at radius 2 is 2.43 bits per heavy atom. The summed E-state index contributed by atoms with van der Waals surface area (Å²) in [6, 6.07) is 1.94. The zero-order valence-corrected chi connectivity index (χ0v) is 8.07. The predicted molar refractivity (Wildman–Crippen MR) is 56.1 cm³/mol. The van der Waals surface area contributed by atoms with Gasteiger partial charge in [-0.1, -0.05) is 0 Å². The molecule has 3 N–H and O–H groups in total. The van der Waals surface area contributed by atoms with Crippen molar-refractivity contribution in [1.82, 2.24) is 14.5 Å². The molecule has 5 heteroatoms. The first-order valence-corrected chi connectivity index (χ1v) is 4.53. The summed E-state index contributed by atoms with van der Waals surface area (Å²) in [5.41, 5.74) is 7.38. The minimum atomic E-state index is 0.599. The molecule has 0 unspecified atom stereocenters. The topological polar surface area (TPSA) is 68.8 Å². The van der Waals surface area contributed by atoms with E-state index in [1.807, 2.05) is 17.7 Å². The molecule has 0 bridgehead atoms. The maximum absolute atomic E-state index is 5.41. The van der Waals surface area contributed by atoms with Crippen molar-refractivity contribution in [3.63, 3.8) is 0 Å². The van der Waals surface area contributed by atoms with Gasteiger partial charge in [0, 0.05) is 26.3 Å². The second kappa shape index (κ2) is 3.63. The Morgan fingerprint density at radius 1 is 1.57 bits per heavy atom. The van der Waals surface area contributed by atoms with Crippen LogP contribution in [0.15, 0.2) is 18.5 Å². The fourth-order valence-electron chi connectivity index (χ4n) is 1.39. The minimum Gasteiger partial charge on any atom is -0.354 e. The molecule has 2 rings (SSSR count). The Labute approximate surface area is 82.0 Å². The van der Waals surface area contributed by atoms with Gasteiger partial charge >= 0.3 is 0 Å². The number of imidazole rings is 1. The van der Waals surface area contributed by atoms with E-state index in [9.17, 15) is 0 Å². The van der Waals surface area contributed by atoms with Crippen molar-refractivity contribution in [3.05, 3.63) is 18.5 Å². The molecule has 0 amide bonds. The van der Waals surface area contributed by atoms with Crippen molar-refractivity contribution >= 4 is 17.0 Å². The number of pyridine rings is 1. The maximum Gasteiger partial charge on any atom is 0.203 e. The molecule has 0 saturated heterocycles. The van der Waals surface area contributed by atoms with Crippen molar-refractivity contribution in [1.29, 1.82) is 0 Å². The van der Waals surface area contributed by atoms with Crippen molar-refractivity contribution in [3.8, 4) is 0 Å². The van der Waals surface area contributed by atoms with Crippen LogP contribution in [0.25, 0.3) is 11.0 Å². The van der Waals surface area contributed by atoms with E-state index in [-0.39, 0.29) is 0 Å². The minimum absolute atomic E-state index is 0.599. The molecule has 0 aromatic carbocycles. The molecule has 0 aliphatic heterocycles. The first kappa shape index (κ1) is 8.96. The molecule has 14 heavy (non-hydrogen) atoms. The molecule has 0 aliphatic rings. The van der Waals surface area contributed by atoms with Gasteiger partial charge in [0.2, 0.25) is 5.95 Å². The first-order chi connectivity index (χ1) is 6.83. The van der Waals surface area contributed by atoms with Gasteiger partial charge in [-0.15, -0.1) is 0 Å². The summed E-state index contributed by atoms with van der Waals surface area (Å²) < 4.78 is 1.99. The lowest BCUT2D eigenvalue weighted by atomic mass is 10.4. The number of nitrogens with one attached hydrogen (secondary N) is 1. The van der Waals surface area contributed by atoms with Crippen LogP contribution in [0.3, 0.4) is 0 Å². The molecule has 74 valence electrons. The normalized spacial score (nSPS) is 10.7. The first-order valence-electron chi connectivity index (χ1n) is 4.53. The number of anilines is 1. The number of nitrogens with two attached hydrogens (primary N) is 1. The molecule has 2 aromatic heterocycles. The monoisotopic (exact) mass is 191 g/mol. The molecule has 0 fully saturated rings. The third-order valence-corrected chi connectivity index (χ3v) is 2.11. The summed E-state index contributed by atoms with van der Waals surface area (Å²) in [4.78, 5) is 8.40. The quantitative estimate of drug-likeness (QED) is 0.734. The van der Waals surface area contributed by atoms with Crippen molar-refractivity contribution in [2.45, 2.75) is 0 Å². The smallest absolute Gasteiger partial charge is 0.203 e. The second-order valence-corrected chi connectivity index (χ2v) is 3.07. The van der Waals surface area contributed by atoms with Crippen LogP contribution in [-0.4, -0.2) is 27.6 Å². The van der Waals surface area contributed by atoms with E-state index in [4.69, 9.17) is 5.73 Å². The number of rotatable bonds is 3. The van der Waals surface area contributed by atoms with Gasteiger partial charge in [-0.25, -0.2) is 4.98 Å². The van der Waals surface area contributed by atoms with Crippen molar-refractivity contribution in [2.24, 2.45) is 12.8 Å². The fraction of sp³-hybridized carbons (Fsp3) is 0.333. The number of hydrogen-bond donors (Lipinski definition) is 2. The van der Waals surface area contributed by atoms with E-state index in [0.29, 0.717) is 6.54 Å². The SMILES string of the molecule is Cn1c(NCCN)nc2cnccc21. The van der Waals surface area contributed by atoms with E-state index >= 15 is 0 Å². The molecule has 2 heterocycles. The fourth-order valence-corrected chi connectivity index (χ4v) is 1.39. The highest BCUT2D eigenvalue weighted by Gasteiger charge is 2.05. The number of nitrogens with zero attached hydrogens (tertiary/aromatic N) is 3. The molecule has 5 nitrogen and oxygen atoms in total. The lowest BCUT2D eigenvalue weighted by molar-refractivity contribution is 0.915. The third-order valence-electron chi connectivity index (χ3n) is 2.11. The average molecular weight is 191 g/mol. The van der Waals surface area contributed by atoms with Crippen LogP contribution in [-0.2, 0) is 7.05 Å². The molecule has 2 aromatic rings. The molecular weight excluding hydrogens is 178 g/mol. The molecule has 0 radical (unpaired) electrons. The predicted octanol–water partition coefficient (Wildman–Crippen LogP) is 0.339. The average Bonchev–Trinajstić information content (AvgIpc) is 2.54. The van der Waals surface area contributed by atoms with Gasteiger partial charge in [0.1, 0.15) is 5.52 Å². The Bertz CT molecular complexity index is 434. The number of hydrogen-bond acceptors (Lipinski definition) is 4. The van der Waals surface area contributed by atoms with Crippen LogP contribution in [0.1, 0.15) is 0 Å². The number of aryl methyl sites for hydroxylation is 1. The highest BCUT2D eigenvalue weighted by Crippen LogP contribution is 2.15. The van der Waals surface area contributed by atoms with E-state index in [1.165, 1.54) is 0 Å². The Morgan fingerprint density at radius 3 is 3.14 bits per heavy atom. The maximum atomic E-state index is 5.41. The third kappa shape index (κ3) is 1.42. The van der Waals surface area contributed by atoms with Crippen LogP contribution in [0.2, 0.25) is 0 Å². The largest absolute Gasteiger partial charge is 0.354 e. The van der Waals surface area contributed by atoms with Gasteiger partial charge < -0.3 is 15.6 Å². The number of fused-ring (bicyclic) bond motifs is 1. The van der Waals surface area contributed by atoms with Gasteiger partial charge in [-0.3, -0.25) is 4.98 Å². The number of aromatic nitrogens is 3. The van der Waals surface area contributed by atoms with Crippen LogP contribution < -0.4 is 11.1 Å². The Balaban J connectivity index is 2.41. The van der Waals surface area contributed by atoms with E-state index in [0.717, 1.165) is 23.5 Å². The van der Waals surface area contributed by atoms with Crippen molar-refractivity contribution in [2.75, 3.05) is 18.4 Å². The molecule has 0 aliphatic carbocycles. The van der Waals surface area contributed by atoms with Gasteiger partial charge in [0.05, 0.1) is 11.7 Å². The van der Waals surface area contributed by atoms with Gasteiger partial charge in [-0.05, 0) is 6.07 Å².